The first-order chi connectivity index (χ1) is 46.8. The first kappa shape index (κ1) is 69.2. The molecule has 0 spiro atoms. The Morgan fingerprint density at radius 3 is 2.29 bits per heavy atom. The van der Waals surface area contributed by atoms with Gasteiger partial charge in [0.15, 0.2) is 22.5 Å². The SMILES string of the molecule is Cc1ccc2sc(Nc3nnc4c(c3C)CCCN4c3ccc(-c4cnn(CC56CC7(OCC[N+]8(Cc9ccc(NC(=O)[C@H](CCCNC(N)=O)NC(=O)[C@@H](NC(=O)CCOCCN%10C(=O)C=CC%10=O)C(C)C)cc9)CCCC8)C[C@](C)(C5)C[C@](C)(C6)C7)c4C)c(C(=O)O)n3)nc2c1. The van der Waals surface area contributed by atoms with Crippen LogP contribution in [0.2, 0.25) is 0 Å². The fourth-order valence-electron chi connectivity index (χ4n) is 17.6. The smallest absolute Gasteiger partial charge is 0.355 e. The summed E-state index contributed by atoms with van der Waals surface area (Å²) in [6.45, 7) is 20.5. The number of benzene rings is 2. The van der Waals surface area contributed by atoms with Gasteiger partial charge in [0, 0.05) is 90.2 Å². The first-order valence-electron chi connectivity index (χ1n) is 34.5. The van der Waals surface area contributed by atoms with Gasteiger partial charge in [0.05, 0.1) is 61.5 Å². The number of primary amides is 1. The van der Waals surface area contributed by atoms with Crippen LogP contribution in [0, 0.1) is 42.9 Å². The van der Waals surface area contributed by atoms with Gasteiger partial charge in [-0.05, 0) is 149 Å². The van der Waals surface area contributed by atoms with Crippen LogP contribution < -0.4 is 37.2 Å². The number of nitrogens with zero attached hydrogens (tertiary/aromatic N) is 9. The molecule has 7 heterocycles. The molecule has 26 heteroatoms. The molecule has 1 saturated heterocycles. The molecule has 13 rings (SSSR count). The Labute approximate surface area is 575 Å². The summed E-state index contributed by atoms with van der Waals surface area (Å²) in [4.78, 5) is 102. The molecule has 520 valence electrons. The van der Waals surface area contributed by atoms with Crippen molar-refractivity contribution in [2.45, 2.75) is 163 Å². The highest BCUT2D eigenvalue weighted by Crippen LogP contribution is 2.72. The second-order valence-corrected chi connectivity index (χ2v) is 30.6. The van der Waals surface area contributed by atoms with E-state index in [-0.39, 0.29) is 72.6 Å². The molecule has 7 amide bonds. The number of amides is 7. The number of fused-ring (bicyclic) bond motifs is 2. The Hall–Kier alpha value is -8.72. The van der Waals surface area contributed by atoms with Crippen LogP contribution in [0.25, 0.3) is 21.3 Å². The summed E-state index contributed by atoms with van der Waals surface area (Å²) in [6, 6.07) is 15.1. The number of pyridine rings is 1. The van der Waals surface area contributed by atoms with E-state index in [2.05, 4.69) is 75.3 Å². The summed E-state index contributed by atoms with van der Waals surface area (Å²) < 4.78 is 17.0. The summed E-state index contributed by atoms with van der Waals surface area (Å²) in [6.07, 6.45) is 14.7. The lowest BCUT2D eigenvalue weighted by Gasteiger charge is -2.69. The number of likely N-dealkylation sites (tertiary alicyclic amines) is 1. The van der Waals surface area contributed by atoms with Crippen molar-refractivity contribution in [2.24, 2.45) is 27.9 Å². The molecule has 0 radical (unpaired) electrons. The normalized spacial score (nSPS) is 22.7. The molecule has 3 aliphatic heterocycles. The number of aryl methyl sites for hydroxylation is 1. The van der Waals surface area contributed by atoms with Crippen molar-refractivity contribution < 1.29 is 52.6 Å². The van der Waals surface area contributed by atoms with Gasteiger partial charge < -0.3 is 56.3 Å². The van der Waals surface area contributed by atoms with Crippen molar-refractivity contribution in [1.82, 2.24) is 50.8 Å². The Morgan fingerprint density at radius 1 is 0.827 bits per heavy atom. The molecule has 6 aromatic rings. The molecule has 7 aliphatic rings. The van der Waals surface area contributed by atoms with Crippen LogP contribution in [0.5, 0.6) is 0 Å². The van der Waals surface area contributed by atoms with Crippen LogP contribution in [0.3, 0.4) is 0 Å². The zero-order chi connectivity index (χ0) is 69.3. The number of thiazole rings is 1. The van der Waals surface area contributed by atoms with Crippen molar-refractivity contribution in [3.05, 3.63) is 107 Å². The van der Waals surface area contributed by atoms with Crippen LogP contribution in [-0.2, 0) is 53.0 Å². The molecule has 8 N–H and O–H groups in total. The van der Waals surface area contributed by atoms with E-state index in [1.54, 1.807) is 25.2 Å². The van der Waals surface area contributed by atoms with Crippen LogP contribution >= 0.6 is 11.3 Å². The van der Waals surface area contributed by atoms with Crippen LogP contribution in [-0.4, -0.2) is 163 Å². The molecule has 98 heavy (non-hydrogen) atoms. The molecule has 6 atom stereocenters. The maximum Gasteiger partial charge on any atom is 0.355 e. The number of rotatable bonds is 29. The van der Waals surface area contributed by atoms with E-state index in [0.29, 0.717) is 54.8 Å². The van der Waals surface area contributed by atoms with Gasteiger partial charge in [-0.25, -0.2) is 19.6 Å². The van der Waals surface area contributed by atoms with E-state index in [9.17, 15) is 38.7 Å². The standard InChI is InChI=1S/C72H91N15O10S/c1-44(2)60(80-57(88)24-31-96-32-27-85-58(89)22-23-59(85)90)65(92)77-53(13-10-25-74-67(73)95)64(91)76-49-17-15-48(16-18-49)36-87(28-8-9-29-87)30-33-97-72-40-69(6)37-70(7,41-72)39-71(38-69,42-72)43-86-47(5)52(35-75-86)51-19-21-56(79-61(51)66(93)94)84-26-11-12-50-46(4)62(82-83-63(50)84)81-68-78-54-34-45(3)14-20-55(54)98-68/h14-23,34-35,44,53,60H,8-13,24-33,36-43H2,1-7H3,(H7-,73,74,76,77,78,80,81,82,88,91,92,93,94,95)/p+1/t53-,60-,69-,70+,71?,72?/m0/s1. The second-order valence-electron chi connectivity index (χ2n) is 29.6. The lowest BCUT2D eigenvalue weighted by atomic mass is 9.39. The van der Waals surface area contributed by atoms with Gasteiger partial charge in [-0.1, -0.05) is 57.2 Å². The van der Waals surface area contributed by atoms with Gasteiger partial charge in [-0.15, -0.1) is 10.2 Å². The zero-order valence-corrected chi connectivity index (χ0v) is 58.1. The number of aromatic carboxylic acids is 1. The number of aromatic nitrogens is 6. The van der Waals surface area contributed by atoms with Crippen molar-refractivity contribution in [3.63, 3.8) is 0 Å². The number of carboxylic acid groups (broad SMARTS) is 1. The van der Waals surface area contributed by atoms with Gasteiger partial charge in [0.2, 0.25) is 17.7 Å². The number of ether oxygens (including phenoxy) is 2. The van der Waals surface area contributed by atoms with Crippen LogP contribution in [0.1, 0.15) is 143 Å². The molecule has 25 nitrogen and oxygen atoms in total. The molecule has 5 fully saturated rings. The van der Waals surface area contributed by atoms with Crippen LogP contribution in [0.4, 0.5) is 33.1 Å². The number of nitrogens with one attached hydrogen (secondary N) is 5. The largest absolute Gasteiger partial charge is 0.476 e. The number of hydrogen-bond acceptors (Lipinski definition) is 17. The molecule has 4 saturated carbocycles. The summed E-state index contributed by atoms with van der Waals surface area (Å²) in [7, 11) is 0. The van der Waals surface area contributed by atoms with Crippen molar-refractivity contribution in [2.75, 3.05) is 74.6 Å². The molecule has 2 aromatic carbocycles. The molecule has 4 aromatic heterocycles. The number of nitrogens with two attached hydrogens (primary N) is 1. The quantitative estimate of drug-likeness (QED) is 0.0131. The Morgan fingerprint density at radius 2 is 1.57 bits per heavy atom. The average Bonchev–Trinajstić information content (AvgIpc) is 0.905. The maximum absolute atomic E-state index is 14.0. The highest BCUT2D eigenvalue weighted by Gasteiger charge is 2.66. The number of hydrogen-bond donors (Lipinski definition) is 7. The van der Waals surface area contributed by atoms with Crippen molar-refractivity contribution in [3.8, 4) is 11.1 Å². The van der Waals surface area contributed by atoms with Gasteiger partial charge in [-0.3, -0.25) is 33.6 Å². The van der Waals surface area contributed by atoms with Gasteiger partial charge >= 0.3 is 12.0 Å². The Kier molecular flexibility index (Phi) is 19.9. The topological polar surface area (TPSA) is 320 Å². The minimum atomic E-state index is -1.12. The molecule has 4 aliphatic carbocycles. The number of imide groups is 1. The van der Waals surface area contributed by atoms with Gasteiger partial charge in [0.25, 0.3) is 11.8 Å². The van der Waals surface area contributed by atoms with E-state index in [4.69, 9.17) is 35.4 Å². The maximum atomic E-state index is 14.0. The van der Waals surface area contributed by atoms with E-state index >= 15 is 0 Å². The fourth-order valence-corrected chi connectivity index (χ4v) is 18.4. The molecule has 4 bridgehead atoms. The lowest BCUT2D eigenvalue weighted by molar-refractivity contribution is -0.930. The predicted octanol–water partition coefficient (Wildman–Crippen LogP) is 9.09. The Balaban J connectivity index is 0.671. The summed E-state index contributed by atoms with van der Waals surface area (Å²) in [5.41, 5.74) is 13.0. The van der Waals surface area contributed by atoms with E-state index in [1.807, 2.05) is 61.3 Å². The summed E-state index contributed by atoms with van der Waals surface area (Å²) in [5, 5.41) is 40.5. The van der Waals surface area contributed by atoms with Crippen molar-refractivity contribution >= 4 is 91.4 Å². The third kappa shape index (κ3) is 15.3. The third-order valence-corrected chi connectivity index (χ3v) is 21.9. The second kappa shape index (κ2) is 28.3. The lowest BCUT2D eigenvalue weighted by Crippen LogP contribution is -2.64. The number of carbonyl (C=O) groups excluding carboxylic acids is 6. The van der Waals surface area contributed by atoms with Crippen LogP contribution in [0.15, 0.2) is 72.9 Å². The number of anilines is 5. The zero-order valence-electron chi connectivity index (χ0n) is 57.3. The monoisotopic (exact) mass is 1360 g/mol. The number of carbonyl (C=O) groups is 7. The highest BCUT2D eigenvalue weighted by molar-refractivity contribution is 7.22. The highest BCUT2D eigenvalue weighted by atomic mass is 32.1. The summed E-state index contributed by atoms with van der Waals surface area (Å²) >= 11 is 1.57. The molecular weight excluding hydrogens is 1270 g/mol. The number of urea groups is 1. The number of quaternary nitrogens is 1. The predicted molar refractivity (Wildman–Crippen MR) is 372 cm³/mol. The minimum Gasteiger partial charge on any atom is -0.476 e. The first-order valence-corrected chi connectivity index (χ1v) is 35.3. The van der Waals surface area contributed by atoms with E-state index in [1.165, 1.54) is 12.2 Å². The minimum absolute atomic E-state index is 0.00696. The van der Waals surface area contributed by atoms with Gasteiger partial charge in [0.1, 0.15) is 31.0 Å². The molecule has 2 unspecified atom stereocenters. The van der Waals surface area contributed by atoms with Crippen molar-refractivity contribution in [1.29, 1.82) is 0 Å². The van der Waals surface area contributed by atoms with Gasteiger partial charge in [-0.2, -0.15) is 5.10 Å². The third-order valence-electron chi connectivity index (χ3n) is 21.0. The van der Waals surface area contributed by atoms with E-state index in [0.717, 1.165) is 149 Å². The average molecular weight is 1360 g/mol. The number of carboxylic acids is 1. The molecular formula is C72H92N15O10S+. The summed E-state index contributed by atoms with van der Waals surface area (Å²) in [5.74, 6) is -1.97. The Bertz CT molecular complexity index is 4050. The fraction of sp³-hybridized carbons (Fsp3) is 0.528. The van der Waals surface area contributed by atoms with E-state index < -0.39 is 53.6 Å².